The molecule has 0 spiro atoms. The fourth-order valence-corrected chi connectivity index (χ4v) is 4.49. The van der Waals surface area contributed by atoms with Crippen LogP contribution in [0.25, 0.3) is 0 Å². The molecule has 5 heteroatoms. The molecule has 3 aliphatic carbocycles. The van der Waals surface area contributed by atoms with Gasteiger partial charge in [0.1, 0.15) is 5.78 Å². The highest BCUT2D eigenvalue weighted by Crippen LogP contribution is 2.52. The van der Waals surface area contributed by atoms with Gasteiger partial charge < -0.3 is 0 Å². The van der Waals surface area contributed by atoms with Gasteiger partial charge >= 0.3 is 0 Å². The zero-order valence-electron chi connectivity index (χ0n) is 12.6. The highest BCUT2D eigenvalue weighted by molar-refractivity contribution is 6.23. The number of imide groups is 1. The molecule has 1 aromatic rings. The first-order valence-electron chi connectivity index (χ1n) is 7.98. The summed E-state index contributed by atoms with van der Waals surface area (Å²) in [5.41, 5.74) is 1.39. The van der Waals surface area contributed by atoms with Crippen LogP contribution < -0.4 is 4.90 Å². The van der Waals surface area contributed by atoms with E-state index in [1.807, 2.05) is 0 Å². The van der Waals surface area contributed by atoms with Crippen LogP contribution >= 0.6 is 0 Å². The minimum absolute atomic E-state index is 0.0248. The lowest BCUT2D eigenvalue weighted by Crippen LogP contribution is -2.46. The minimum Gasteiger partial charge on any atom is -0.299 e. The van der Waals surface area contributed by atoms with E-state index in [0.29, 0.717) is 18.5 Å². The van der Waals surface area contributed by atoms with E-state index in [1.54, 1.807) is 24.3 Å². The molecule has 116 valence electrons. The zero-order valence-corrected chi connectivity index (χ0v) is 12.6. The van der Waals surface area contributed by atoms with Crippen LogP contribution in [0.3, 0.4) is 0 Å². The fourth-order valence-electron chi connectivity index (χ4n) is 4.49. The van der Waals surface area contributed by atoms with E-state index in [2.05, 4.69) is 6.07 Å². The molecule has 1 aliphatic heterocycles. The van der Waals surface area contributed by atoms with Gasteiger partial charge in [-0.2, -0.15) is 5.26 Å². The van der Waals surface area contributed by atoms with Gasteiger partial charge in [0.05, 0.1) is 30.0 Å². The summed E-state index contributed by atoms with van der Waals surface area (Å²) in [7, 11) is 0. The highest BCUT2D eigenvalue weighted by Gasteiger charge is 2.60. The number of anilines is 1. The molecule has 0 aromatic heterocycles. The van der Waals surface area contributed by atoms with Crippen LogP contribution in [-0.4, -0.2) is 17.6 Å². The Morgan fingerprint density at radius 1 is 1.04 bits per heavy atom. The number of benzene rings is 1. The van der Waals surface area contributed by atoms with Gasteiger partial charge in [0.15, 0.2) is 0 Å². The fraction of sp³-hybridized carbons (Fsp3) is 0.444. The van der Waals surface area contributed by atoms with Gasteiger partial charge in [-0.25, -0.2) is 0 Å². The molecule has 0 N–H and O–H groups in total. The van der Waals surface area contributed by atoms with Gasteiger partial charge in [-0.15, -0.1) is 0 Å². The van der Waals surface area contributed by atoms with Crippen LogP contribution in [0.2, 0.25) is 0 Å². The number of nitriles is 1. The number of hydrogen-bond donors (Lipinski definition) is 0. The second kappa shape index (κ2) is 5.02. The Balaban J connectivity index is 1.68. The van der Waals surface area contributed by atoms with Crippen LogP contribution in [0.5, 0.6) is 0 Å². The molecule has 1 aromatic carbocycles. The Morgan fingerprint density at radius 3 is 2.39 bits per heavy atom. The lowest BCUT2D eigenvalue weighted by atomic mass is 9.59. The molecule has 23 heavy (non-hydrogen) atoms. The number of carbonyl (C=O) groups excluding carboxylic acids is 3. The van der Waals surface area contributed by atoms with E-state index in [9.17, 15) is 14.4 Å². The normalized spacial score (nSPS) is 32.1. The molecule has 3 saturated carbocycles. The van der Waals surface area contributed by atoms with Crippen molar-refractivity contribution in [1.82, 2.24) is 0 Å². The van der Waals surface area contributed by atoms with Gasteiger partial charge in [0.2, 0.25) is 11.8 Å². The van der Waals surface area contributed by atoms with Crippen molar-refractivity contribution < 1.29 is 14.4 Å². The van der Waals surface area contributed by atoms with E-state index in [0.717, 1.165) is 18.4 Å². The Labute approximate surface area is 133 Å². The summed E-state index contributed by atoms with van der Waals surface area (Å²) in [4.78, 5) is 39.0. The largest absolute Gasteiger partial charge is 0.299 e. The maximum Gasteiger partial charge on any atom is 0.238 e. The van der Waals surface area contributed by atoms with Crippen molar-refractivity contribution in [3.8, 4) is 6.07 Å². The van der Waals surface area contributed by atoms with Crippen LogP contribution in [0.4, 0.5) is 5.69 Å². The summed E-state index contributed by atoms with van der Waals surface area (Å²) in [6.45, 7) is 0. The lowest BCUT2D eigenvalue weighted by Gasteiger charge is -2.41. The predicted octanol–water partition coefficient (Wildman–Crippen LogP) is 1.86. The van der Waals surface area contributed by atoms with Crippen molar-refractivity contribution in [1.29, 1.82) is 5.26 Å². The van der Waals surface area contributed by atoms with Crippen molar-refractivity contribution >= 4 is 23.3 Å². The molecule has 2 amide bonds. The number of rotatable bonds is 2. The number of ketones is 1. The summed E-state index contributed by atoms with van der Waals surface area (Å²) in [5.74, 6) is -1.26. The van der Waals surface area contributed by atoms with Crippen molar-refractivity contribution in [2.45, 2.75) is 25.7 Å². The van der Waals surface area contributed by atoms with Crippen molar-refractivity contribution in [3.63, 3.8) is 0 Å². The Kier molecular flexibility index (Phi) is 3.08. The molecule has 2 bridgehead atoms. The first-order valence-corrected chi connectivity index (χ1v) is 7.98. The van der Waals surface area contributed by atoms with E-state index >= 15 is 0 Å². The third kappa shape index (κ3) is 1.94. The molecule has 5 nitrogen and oxygen atoms in total. The molecule has 4 atom stereocenters. The molecule has 1 saturated heterocycles. The van der Waals surface area contributed by atoms with Gasteiger partial charge in [0, 0.05) is 12.3 Å². The summed E-state index contributed by atoms with van der Waals surface area (Å²) in [5, 5.41) is 8.71. The van der Waals surface area contributed by atoms with Crippen LogP contribution in [-0.2, 0) is 20.8 Å². The molecule has 4 fully saturated rings. The number of amides is 2. The van der Waals surface area contributed by atoms with Gasteiger partial charge in [-0.3, -0.25) is 19.3 Å². The summed E-state index contributed by atoms with van der Waals surface area (Å²) >= 11 is 0. The third-order valence-electron chi connectivity index (χ3n) is 5.54. The van der Waals surface area contributed by atoms with Crippen LogP contribution in [0.15, 0.2) is 24.3 Å². The second-order valence-corrected chi connectivity index (χ2v) is 6.68. The summed E-state index contributed by atoms with van der Waals surface area (Å²) < 4.78 is 0. The molecule has 5 rings (SSSR count). The first kappa shape index (κ1) is 14.1. The molecule has 0 unspecified atom stereocenters. The number of carbonyl (C=O) groups is 3. The Hall–Kier alpha value is -2.48. The predicted molar refractivity (Wildman–Crippen MR) is 81.1 cm³/mol. The van der Waals surface area contributed by atoms with Crippen molar-refractivity contribution in [2.75, 3.05) is 4.90 Å². The minimum atomic E-state index is -0.457. The smallest absolute Gasteiger partial charge is 0.238 e. The maximum absolute atomic E-state index is 12.8. The molecular formula is C18H16N2O3. The van der Waals surface area contributed by atoms with Gasteiger partial charge in [-0.05, 0) is 36.5 Å². The molecular weight excluding hydrogens is 292 g/mol. The Bertz CT molecular complexity index is 747. The number of fused-ring (bicyclic) bond motifs is 2. The average Bonchev–Trinajstić information content (AvgIpc) is 2.82. The van der Waals surface area contributed by atoms with Crippen LogP contribution in [0, 0.1) is 35.0 Å². The SMILES string of the molecule is N#CCc1ccc(N2C(=O)[C@@H]3[C@H]4CC[C@H](C(=O)C4)[C@@H]3C2=O)cc1. The number of hydrogen-bond acceptors (Lipinski definition) is 4. The van der Waals surface area contributed by atoms with E-state index in [4.69, 9.17) is 5.26 Å². The lowest BCUT2D eigenvalue weighted by molar-refractivity contribution is -0.143. The first-order chi connectivity index (χ1) is 11.1. The maximum atomic E-state index is 12.8. The number of Topliss-reactive ketones (excluding diaryl/α,β-unsaturated/α-hetero) is 1. The highest BCUT2D eigenvalue weighted by atomic mass is 16.2. The average molecular weight is 308 g/mol. The molecule has 0 radical (unpaired) electrons. The third-order valence-corrected chi connectivity index (χ3v) is 5.54. The van der Waals surface area contributed by atoms with E-state index in [1.165, 1.54) is 4.90 Å². The zero-order chi connectivity index (χ0) is 16.1. The topological polar surface area (TPSA) is 78.2 Å². The van der Waals surface area contributed by atoms with Crippen molar-refractivity contribution in [2.24, 2.45) is 23.7 Å². The number of nitrogens with zero attached hydrogens (tertiary/aromatic N) is 2. The van der Waals surface area contributed by atoms with E-state index in [-0.39, 0.29) is 35.4 Å². The van der Waals surface area contributed by atoms with E-state index < -0.39 is 5.92 Å². The monoisotopic (exact) mass is 308 g/mol. The van der Waals surface area contributed by atoms with Gasteiger partial charge in [0.25, 0.3) is 0 Å². The van der Waals surface area contributed by atoms with Gasteiger partial charge in [-0.1, -0.05) is 12.1 Å². The second-order valence-electron chi connectivity index (χ2n) is 6.68. The summed E-state index contributed by atoms with van der Waals surface area (Å²) in [6.07, 6.45) is 2.34. The Morgan fingerprint density at radius 2 is 1.74 bits per heavy atom. The van der Waals surface area contributed by atoms with Crippen molar-refractivity contribution in [3.05, 3.63) is 29.8 Å². The standard InChI is InChI=1S/C18H16N2O3/c19-8-7-10-1-4-12(5-2-10)20-17(22)15-11-3-6-13(14(21)9-11)16(15)18(20)23/h1-2,4-5,11,13,15-16H,3,6-7,9H2/t11-,13+,15+,16-/m0/s1. The molecule has 1 heterocycles. The molecule has 4 aliphatic rings. The van der Waals surface area contributed by atoms with Crippen LogP contribution in [0.1, 0.15) is 24.8 Å². The quantitative estimate of drug-likeness (QED) is 0.781. The summed E-state index contributed by atoms with van der Waals surface area (Å²) in [6, 6.07) is 9.02.